The molecule has 0 aromatic heterocycles. The summed E-state index contributed by atoms with van der Waals surface area (Å²) in [6.07, 6.45) is 0. The Balaban J connectivity index is 2.30. The Bertz CT molecular complexity index is 510. The van der Waals surface area contributed by atoms with Gasteiger partial charge in [0.1, 0.15) is 11.6 Å². The van der Waals surface area contributed by atoms with Gasteiger partial charge in [0.2, 0.25) is 0 Å². The average molecular weight is 261 g/mol. The Morgan fingerprint density at radius 1 is 1.24 bits per heavy atom. The Labute approximate surface area is 98.8 Å². The monoisotopic (exact) mass is 261 g/mol. The number of benzene rings is 1. The molecule has 3 nitrogen and oxygen atoms in total. The van der Waals surface area contributed by atoms with Crippen LogP contribution in [0.15, 0.2) is 18.2 Å². The molecule has 2 unspecified atom stereocenters. The molecule has 1 saturated heterocycles. The maximum atomic E-state index is 13.0. The van der Waals surface area contributed by atoms with E-state index in [0.717, 1.165) is 18.2 Å². The molecule has 0 spiro atoms. The molecule has 1 heterocycles. The summed E-state index contributed by atoms with van der Waals surface area (Å²) in [5.41, 5.74) is 0.331. The van der Waals surface area contributed by atoms with Crippen molar-refractivity contribution in [2.75, 3.05) is 12.3 Å². The molecule has 1 N–H and O–H groups in total. The quantitative estimate of drug-likeness (QED) is 0.831. The first-order valence-electron chi connectivity index (χ1n) is 5.29. The lowest BCUT2D eigenvalue weighted by molar-refractivity contribution is 0.496. The van der Waals surface area contributed by atoms with Crippen LogP contribution in [0.5, 0.6) is 0 Å². The van der Waals surface area contributed by atoms with E-state index in [9.17, 15) is 17.2 Å². The minimum atomic E-state index is -3.19. The first kappa shape index (κ1) is 12.4. The Morgan fingerprint density at radius 2 is 1.82 bits per heavy atom. The third-order valence-corrected chi connectivity index (χ3v) is 5.14. The van der Waals surface area contributed by atoms with Crippen LogP contribution in [-0.4, -0.2) is 26.0 Å². The molecule has 0 aliphatic carbocycles. The number of nitrogens with one attached hydrogen (secondary N) is 1. The van der Waals surface area contributed by atoms with Crippen LogP contribution in [0.4, 0.5) is 8.78 Å². The third-order valence-electron chi connectivity index (χ3n) is 2.95. The van der Waals surface area contributed by atoms with Crippen molar-refractivity contribution in [3.63, 3.8) is 0 Å². The van der Waals surface area contributed by atoms with Crippen molar-refractivity contribution in [2.45, 2.75) is 18.2 Å². The van der Waals surface area contributed by atoms with E-state index in [1.165, 1.54) is 0 Å². The minimum Gasteiger partial charge on any atom is -0.308 e. The number of sulfone groups is 1. The summed E-state index contributed by atoms with van der Waals surface area (Å²) >= 11 is 0. The summed E-state index contributed by atoms with van der Waals surface area (Å²) in [4.78, 5) is 0. The van der Waals surface area contributed by atoms with E-state index < -0.39 is 32.8 Å². The lowest BCUT2D eigenvalue weighted by Gasteiger charge is -2.28. The van der Waals surface area contributed by atoms with Crippen LogP contribution in [0, 0.1) is 11.6 Å². The topological polar surface area (TPSA) is 46.2 Å². The Hall–Kier alpha value is -1.01. The van der Waals surface area contributed by atoms with Crippen molar-refractivity contribution in [1.29, 1.82) is 0 Å². The molecule has 1 fully saturated rings. The first-order valence-corrected chi connectivity index (χ1v) is 7.01. The van der Waals surface area contributed by atoms with Gasteiger partial charge in [-0.1, -0.05) is 0 Å². The van der Waals surface area contributed by atoms with Crippen molar-refractivity contribution in [3.8, 4) is 0 Å². The second kappa shape index (κ2) is 4.34. The molecule has 1 aromatic rings. The smallest absolute Gasteiger partial charge is 0.156 e. The fraction of sp³-hybridized carbons (Fsp3) is 0.455. The average Bonchev–Trinajstić information content (AvgIpc) is 2.20. The van der Waals surface area contributed by atoms with Gasteiger partial charge in [-0.2, -0.15) is 0 Å². The van der Waals surface area contributed by atoms with Gasteiger partial charge in [0.15, 0.2) is 9.84 Å². The van der Waals surface area contributed by atoms with Gasteiger partial charge in [-0.15, -0.1) is 0 Å². The number of rotatable bonds is 1. The van der Waals surface area contributed by atoms with Crippen LogP contribution in [-0.2, 0) is 9.84 Å². The van der Waals surface area contributed by atoms with Crippen molar-refractivity contribution in [3.05, 3.63) is 35.4 Å². The lowest BCUT2D eigenvalue weighted by Crippen LogP contribution is -2.44. The number of hydrogen-bond acceptors (Lipinski definition) is 3. The molecule has 17 heavy (non-hydrogen) atoms. The molecule has 2 rings (SSSR count). The molecule has 0 bridgehead atoms. The van der Waals surface area contributed by atoms with Gasteiger partial charge < -0.3 is 5.32 Å². The molecule has 6 heteroatoms. The van der Waals surface area contributed by atoms with Crippen molar-refractivity contribution >= 4 is 9.84 Å². The van der Waals surface area contributed by atoms with Crippen LogP contribution in [0.2, 0.25) is 0 Å². The second-order valence-corrected chi connectivity index (χ2v) is 6.77. The maximum absolute atomic E-state index is 13.0. The lowest BCUT2D eigenvalue weighted by atomic mass is 10.1. The zero-order valence-corrected chi connectivity index (χ0v) is 10.1. The van der Waals surface area contributed by atoms with Crippen molar-refractivity contribution in [2.24, 2.45) is 0 Å². The van der Waals surface area contributed by atoms with Gasteiger partial charge in [-0.25, -0.2) is 17.2 Å². The van der Waals surface area contributed by atoms with Crippen molar-refractivity contribution < 1.29 is 17.2 Å². The summed E-state index contributed by atoms with van der Waals surface area (Å²) in [5, 5.41) is 2.52. The fourth-order valence-electron chi connectivity index (χ4n) is 1.88. The van der Waals surface area contributed by atoms with E-state index in [-0.39, 0.29) is 5.75 Å². The van der Waals surface area contributed by atoms with Crippen LogP contribution in [0.25, 0.3) is 0 Å². The molecule has 2 atom stereocenters. The summed E-state index contributed by atoms with van der Waals surface area (Å²) < 4.78 is 49.5. The largest absolute Gasteiger partial charge is 0.308 e. The van der Waals surface area contributed by atoms with E-state index in [4.69, 9.17) is 0 Å². The van der Waals surface area contributed by atoms with Gasteiger partial charge in [0.25, 0.3) is 0 Å². The normalized spacial score (nSPS) is 27.9. The highest BCUT2D eigenvalue weighted by Crippen LogP contribution is 2.23. The van der Waals surface area contributed by atoms with Gasteiger partial charge in [0, 0.05) is 18.7 Å². The molecular weight excluding hydrogens is 248 g/mol. The highest BCUT2D eigenvalue weighted by atomic mass is 32.2. The Kier molecular flexibility index (Phi) is 3.18. The van der Waals surface area contributed by atoms with Crippen LogP contribution >= 0.6 is 0 Å². The summed E-state index contributed by atoms with van der Waals surface area (Å²) in [6.45, 7) is 1.91. The van der Waals surface area contributed by atoms with Crippen LogP contribution in [0.1, 0.15) is 18.5 Å². The van der Waals surface area contributed by atoms with E-state index in [0.29, 0.717) is 12.1 Å². The molecule has 0 amide bonds. The van der Waals surface area contributed by atoms with Crippen LogP contribution < -0.4 is 5.32 Å². The van der Waals surface area contributed by atoms with E-state index in [1.807, 2.05) is 0 Å². The molecule has 1 aliphatic heterocycles. The zero-order valence-electron chi connectivity index (χ0n) is 9.28. The summed E-state index contributed by atoms with van der Waals surface area (Å²) in [5.74, 6) is -1.52. The highest BCUT2D eigenvalue weighted by Gasteiger charge is 2.31. The molecule has 94 valence electrons. The SMILES string of the molecule is CC1CNC(c2cc(F)cc(F)c2)CS1(=O)=O. The summed E-state index contributed by atoms with van der Waals surface area (Å²) in [6, 6.07) is 2.54. The molecule has 0 radical (unpaired) electrons. The third kappa shape index (κ3) is 2.63. The number of halogens is 2. The highest BCUT2D eigenvalue weighted by molar-refractivity contribution is 7.92. The van der Waals surface area contributed by atoms with Gasteiger partial charge in [0.05, 0.1) is 11.0 Å². The van der Waals surface area contributed by atoms with Gasteiger partial charge in [-0.05, 0) is 24.6 Å². The predicted molar refractivity (Wildman–Crippen MR) is 60.4 cm³/mol. The Morgan fingerprint density at radius 3 is 2.35 bits per heavy atom. The van der Waals surface area contributed by atoms with Gasteiger partial charge in [-0.3, -0.25) is 0 Å². The number of hydrogen-bond donors (Lipinski definition) is 1. The molecule has 0 saturated carbocycles. The standard InChI is InChI=1S/C11H13F2NO2S/c1-7-5-14-11(6-17(7,15)16)8-2-9(12)4-10(13)3-8/h2-4,7,11,14H,5-6H2,1H3. The van der Waals surface area contributed by atoms with Crippen molar-refractivity contribution in [1.82, 2.24) is 5.32 Å². The minimum absolute atomic E-state index is 0.128. The van der Waals surface area contributed by atoms with E-state index in [2.05, 4.69) is 5.32 Å². The molecule has 1 aromatic carbocycles. The van der Waals surface area contributed by atoms with E-state index in [1.54, 1.807) is 6.92 Å². The second-order valence-electron chi connectivity index (χ2n) is 4.30. The first-order chi connectivity index (χ1) is 7.88. The predicted octanol–water partition coefficient (Wildman–Crippen LogP) is 1.41. The zero-order chi connectivity index (χ0) is 12.6. The maximum Gasteiger partial charge on any atom is 0.156 e. The van der Waals surface area contributed by atoms with Crippen LogP contribution in [0.3, 0.4) is 0 Å². The van der Waals surface area contributed by atoms with Gasteiger partial charge >= 0.3 is 0 Å². The summed E-state index contributed by atoms with van der Waals surface area (Å²) in [7, 11) is -3.19. The molecular formula is C11H13F2NO2S. The fourth-order valence-corrected chi connectivity index (χ4v) is 3.33. The molecule has 1 aliphatic rings. The van der Waals surface area contributed by atoms with E-state index >= 15 is 0 Å².